The first kappa shape index (κ1) is 16.7. The lowest BCUT2D eigenvalue weighted by atomic mass is 10.1. The molecule has 0 atom stereocenters. The molecule has 2 rings (SSSR count). The van der Waals surface area contributed by atoms with E-state index in [0.29, 0.717) is 17.2 Å². The summed E-state index contributed by atoms with van der Waals surface area (Å²) < 4.78 is 49.0. The van der Waals surface area contributed by atoms with E-state index in [4.69, 9.17) is 9.47 Å². The van der Waals surface area contributed by atoms with Crippen molar-refractivity contribution in [3.05, 3.63) is 53.6 Å². The minimum atomic E-state index is -4.61. The van der Waals surface area contributed by atoms with Crippen LogP contribution in [0.2, 0.25) is 0 Å². The van der Waals surface area contributed by atoms with Crippen molar-refractivity contribution in [1.82, 2.24) is 0 Å². The van der Waals surface area contributed by atoms with Crippen LogP contribution in [0.4, 0.5) is 18.9 Å². The Morgan fingerprint density at radius 2 is 1.65 bits per heavy atom. The van der Waals surface area contributed by atoms with Crippen molar-refractivity contribution in [3.63, 3.8) is 0 Å². The highest BCUT2D eigenvalue weighted by Crippen LogP contribution is 2.33. The molecule has 0 saturated heterocycles. The lowest BCUT2D eigenvalue weighted by Gasteiger charge is -2.14. The maximum absolute atomic E-state index is 12.9. The maximum atomic E-state index is 12.9. The van der Waals surface area contributed by atoms with Crippen LogP contribution >= 0.6 is 0 Å². The van der Waals surface area contributed by atoms with Gasteiger partial charge < -0.3 is 14.8 Å². The molecule has 2 aromatic rings. The summed E-state index contributed by atoms with van der Waals surface area (Å²) in [5.41, 5.74) is -1.14. The van der Waals surface area contributed by atoms with Gasteiger partial charge in [-0.2, -0.15) is 13.2 Å². The maximum Gasteiger partial charge on any atom is 0.417 e. The highest BCUT2D eigenvalue weighted by atomic mass is 19.4. The number of amides is 1. The number of halogens is 3. The molecule has 0 heterocycles. The van der Waals surface area contributed by atoms with Crippen LogP contribution in [-0.2, 0) is 6.18 Å². The highest BCUT2D eigenvalue weighted by Gasteiger charge is 2.34. The molecule has 0 aliphatic carbocycles. The predicted octanol–water partition coefficient (Wildman–Crippen LogP) is 3.97. The Kier molecular flexibility index (Phi) is 4.78. The molecular formula is C16H14F3NO3. The number of carbonyl (C=O) groups excluding carboxylic acids is 1. The molecule has 23 heavy (non-hydrogen) atoms. The average molecular weight is 325 g/mol. The topological polar surface area (TPSA) is 47.6 Å². The zero-order valence-corrected chi connectivity index (χ0v) is 12.4. The number of alkyl halides is 3. The van der Waals surface area contributed by atoms with E-state index in [-0.39, 0.29) is 0 Å². The third-order valence-electron chi connectivity index (χ3n) is 3.12. The standard InChI is InChI=1S/C16H14F3NO3/c1-22-13-8-7-10(9-14(13)23-2)20-15(21)11-5-3-4-6-12(11)16(17,18)19/h3-9H,1-2H3,(H,20,21). The van der Waals surface area contributed by atoms with Crippen LogP contribution in [0.1, 0.15) is 15.9 Å². The van der Waals surface area contributed by atoms with Crippen LogP contribution in [-0.4, -0.2) is 20.1 Å². The minimum Gasteiger partial charge on any atom is -0.493 e. The average Bonchev–Trinajstić information content (AvgIpc) is 2.53. The van der Waals surface area contributed by atoms with E-state index in [1.165, 1.54) is 38.5 Å². The molecule has 0 radical (unpaired) electrons. The van der Waals surface area contributed by atoms with E-state index in [1.54, 1.807) is 6.07 Å². The summed E-state index contributed by atoms with van der Waals surface area (Å²) in [6.07, 6.45) is -4.61. The van der Waals surface area contributed by atoms with Gasteiger partial charge in [-0.05, 0) is 24.3 Å². The number of hydrogen-bond donors (Lipinski definition) is 1. The first-order valence-electron chi connectivity index (χ1n) is 6.56. The zero-order chi connectivity index (χ0) is 17.0. The van der Waals surface area contributed by atoms with Gasteiger partial charge in [0.1, 0.15) is 0 Å². The third kappa shape index (κ3) is 3.74. The quantitative estimate of drug-likeness (QED) is 0.925. The Hall–Kier alpha value is -2.70. The molecule has 0 saturated carbocycles. The van der Waals surface area contributed by atoms with Gasteiger partial charge >= 0.3 is 6.18 Å². The molecule has 7 heteroatoms. The molecule has 1 amide bonds. The van der Waals surface area contributed by atoms with Crippen LogP contribution in [0.15, 0.2) is 42.5 Å². The molecule has 0 aliphatic rings. The van der Waals surface area contributed by atoms with Gasteiger partial charge in [0, 0.05) is 11.8 Å². The van der Waals surface area contributed by atoms with Crippen molar-refractivity contribution in [2.45, 2.75) is 6.18 Å². The number of ether oxygens (including phenoxy) is 2. The second kappa shape index (κ2) is 6.60. The molecule has 1 N–H and O–H groups in total. The van der Waals surface area contributed by atoms with E-state index in [9.17, 15) is 18.0 Å². The summed E-state index contributed by atoms with van der Waals surface area (Å²) in [7, 11) is 2.87. The summed E-state index contributed by atoms with van der Waals surface area (Å²) >= 11 is 0. The zero-order valence-electron chi connectivity index (χ0n) is 12.4. The van der Waals surface area contributed by atoms with Gasteiger partial charge in [0.25, 0.3) is 5.91 Å². The number of methoxy groups -OCH3 is 2. The SMILES string of the molecule is COc1ccc(NC(=O)c2ccccc2C(F)(F)F)cc1OC. The van der Waals surface area contributed by atoms with Gasteiger partial charge in [-0.1, -0.05) is 12.1 Å². The molecule has 4 nitrogen and oxygen atoms in total. The minimum absolute atomic E-state index is 0.296. The van der Waals surface area contributed by atoms with Crippen LogP contribution in [0.3, 0.4) is 0 Å². The van der Waals surface area contributed by atoms with Crippen LogP contribution in [0, 0.1) is 0 Å². The van der Waals surface area contributed by atoms with E-state index in [2.05, 4.69) is 5.32 Å². The summed E-state index contributed by atoms with van der Waals surface area (Å²) in [5.74, 6) is -0.0549. The molecule has 0 aromatic heterocycles. The molecule has 0 bridgehead atoms. The molecule has 2 aromatic carbocycles. The summed E-state index contributed by atoms with van der Waals surface area (Å²) in [5, 5.41) is 2.42. The van der Waals surface area contributed by atoms with E-state index >= 15 is 0 Å². The Bertz CT molecular complexity index is 714. The van der Waals surface area contributed by atoms with Crippen molar-refractivity contribution >= 4 is 11.6 Å². The molecule has 122 valence electrons. The fraction of sp³-hybridized carbons (Fsp3) is 0.188. The first-order chi connectivity index (χ1) is 10.9. The van der Waals surface area contributed by atoms with Gasteiger partial charge in [0.15, 0.2) is 11.5 Å². The number of anilines is 1. The number of hydrogen-bond acceptors (Lipinski definition) is 3. The molecule has 0 unspecified atom stereocenters. The van der Waals surface area contributed by atoms with Crippen LogP contribution in [0.25, 0.3) is 0 Å². The number of rotatable bonds is 4. The third-order valence-corrected chi connectivity index (χ3v) is 3.12. The van der Waals surface area contributed by atoms with Gasteiger partial charge in [-0.25, -0.2) is 0 Å². The monoisotopic (exact) mass is 325 g/mol. The van der Waals surface area contributed by atoms with Crippen molar-refractivity contribution in [3.8, 4) is 11.5 Å². The smallest absolute Gasteiger partial charge is 0.417 e. The summed E-state index contributed by atoms with van der Waals surface area (Å²) in [4.78, 5) is 12.2. The predicted molar refractivity (Wildman–Crippen MR) is 78.9 cm³/mol. The molecular weight excluding hydrogens is 311 g/mol. The highest BCUT2D eigenvalue weighted by molar-refractivity contribution is 6.05. The largest absolute Gasteiger partial charge is 0.493 e. The van der Waals surface area contributed by atoms with Crippen LogP contribution < -0.4 is 14.8 Å². The van der Waals surface area contributed by atoms with E-state index in [1.807, 2.05) is 0 Å². The second-order valence-electron chi connectivity index (χ2n) is 4.57. The Labute approximate surface area is 130 Å². The fourth-order valence-corrected chi connectivity index (χ4v) is 2.04. The lowest BCUT2D eigenvalue weighted by molar-refractivity contribution is -0.137. The van der Waals surface area contributed by atoms with Gasteiger partial charge in [-0.3, -0.25) is 4.79 Å². The Morgan fingerprint density at radius 3 is 2.26 bits per heavy atom. The van der Waals surface area contributed by atoms with E-state index < -0.39 is 23.2 Å². The molecule has 0 spiro atoms. The molecule has 0 aliphatic heterocycles. The van der Waals surface area contributed by atoms with Crippen LogP contribution in [0.5, 0.6) is 11.5 Å². The van der Waals surface area contributed by atoms with Crippen molar-refractivity contribution in [2.75, 3.05) is 19.5 Å². The molecule has 0 fully saturated rings. The van der Waals surface area contributed by atoms with E-state index in [0.717, 1.165) is 12.1 Å². The number of carbonyl (C=O) groups is 1. The van der Waals surface area contributed by atoms with Crippen molar-refractivity contribution in [2.24, 2.45) is 0 Å². The van der Waals surface area contributed by atoms with Gasteiger partial charge in [0.2, 0.25) is 0 Å². The normalized spacial score (nSPS) is 11.0. The number of benzene rings is 2. The summed E-state index contributed by atoms with van der Waals surface area (Å²) in [6.45, 7) is 0. The summed E-state index contributed by atoms with van der Waals surface area (Å²) in [6, 6.07) is 9.11. The Morgan fingerprint density at radius 1 is 1.00 bits per heavy atom. The van der Waals surface area contributed by atoms with Gasteiger partial charge in [-0.15, -0.1) is 0 Å². The Balaban J connectivity index is 2.30. The second-order valence-corrected chi connectivity index (χ2v) is 4.57. The van der Waals surface area contributed by atoms with Gasteiger partial charge in [0.05, 0.1) is 25.3 Å². The lowest BCUT2D eigenvalue weighted by Crippen LogP contribution is -2.18. The van der Waals surface area contributed by atoms with Crippen molar-refractivity contribution < 1.29 is 27.4 Å². The number of nitrogens with one attached hydrogen (secondary N) is 1. The first-order valence-corrected chi connectivity index (χ1v) is 6.56. The van der Waals surface area contributed by atoms with Crippen molar-refractivity contribution in [1.29, 1.82) is 0 Å². The fourth-order valence-electron chi connectivity index (χ4n) is 2.04.